The summed E-state index contributed by atoms with van der Waals surface area (Å²) in [6.45, 7) is 1.91. The maximum absolute atomic E-state index is 11.6. The Bertz CT molecular complexity index is 975. The second-order valence-corrected chi connectivity index (χ2v) is 6.01. The van der Waals surface area contributed by atoms with Crippen LogP contribution in [0.1, 0.15) is 26.4 Å². The lowest BCUT2D eigenvalue weighted by atomic mass is 10.1. The molecule has 0 radical (unpaired) electrons. The van der Waals surface area contributed by atoms with Gasteiger partial charge >= 0.3 is 11.8 Å². The van der Waals surface area contributed by atoms with Crippen LogP contribution >= 0.6 is 0 Å². The van der Waals surface area contributed by atoms with Crippen LogP contribution in [0.3, 0.4) is 0 Å². The Kier molecular flexibility index (Phi) is 3.01. The number of hydrogen-bond acceptors (Lipinski definition) is 4. The molecule has 6 rings (SSSR count). The molecule has 0 N–H and O–H groups in total. The van der Waals surface area contributed by atoms with Crippen LogP contribution in [0.15, 0.2) is 59.2 Å². The van der Waals surface area contributed by atoms with Crippen molar-refractivity contribution in [3.8, 4) is 11.5 Å². The van der Waals surface area contributed by atoms with E-state index in [0.717, 1.165) is 16.9 Å². The van der Waals surface area contributed by atoms with E-state index in [1.54, 1.807) is 25.4 Å². The number of aryl methyl sites for hydroxylation is 1. The predicted molar refractivity (Wildman–Crippen MR) is 89.5 cm³/mol. The Labute approximate surface area is 138 Å². The number of carbonyl (C=O) groups excluding carboxylic acids is 2. The second-order valence-electron chi connectivity index (χ2n) is 6.01. The molecule has 0 spiro atoms. The van der Waals surface area contributed by atoms with Gasteiger partial charge < -0.3 is 4.42 Å². The molecule has 0 fully saturated rings. The van der Waals surface area contributed by atoms with Crippen molar-refractivity contribution in [3.63, 3.8) is 0 Å². The molecule has 1 atom stereocenters. The summed E-state index contributed by atoms with van der Waals surface area (Å²) >= 11 is 0. The molecular weight excluding hydrogens is 304 g/mol. The smallest absolute Gasteiger partial charge is 0.359 e. The molecular formula is C19H15N2O3+. The molecule has 5 nitrogen and oxygen atoms in total. The summed E-state index contributed by atoms with van der Waals surface area (Å²) in [4.78, 5) is 27.3. The molecule has 24 heavy (non-hydrogen) atoms. The number of oxazole rings is 1. The third kappa shape index (κ3) is 1.88. The summed E-state index contributed by atoms with van der Waals surface area (Å²) in [5.41, 5.74) is 3.91. The summed E-state index contributed by atoms with van der Waals surface area (Å²) in [5, 5.41) is 0. The van der Waals surface area contributed by atoms with Crippen LogP contribution in [-0.4, -0.2) is 23.8 Å². The van der Waals surface area contributed by atoms with Gasteiger partial charge in [-0.2, -0.15) is 4.48 Å². The fourth-order valence-electron chi connectivity index (χ4n) is 3.05. The Balaban J connectivity index is 0.000000121. The largest absolute Gasteiger partial charge is 0.444 e. The summed E-state index contributed by atoms with van der Waals surface area (Å²) in [6.07, 6.45) is 1.66. The van der Waals surface area contributed by atoms with Gasteiger partial charge in [0.1, 0.15) is 17.5 Å². The maximum Gasteiger partial charge on any atom is 0.359 e. The van der Waals surface area contributed by atoms with Crippen molar-refractivity contribution < 1.29 is 14.0 Å². The molecule has 2 aromatic carbocycles. The third-order valence-electron chi connectivity index (χ3n) is 4.43. The lowest BCUT2D eigenvalue weighted by Gasteiger charge is -2.21. The van der Waals surface area contributed by atoms with Crippen molar-refractivity contribution in [1.82, 2.24) is 9.47 Å². The number of amides is 2. The molecule has 2 amide bonds. The summed E-state index contributed by atoms with van der Waals surface area (Å²) < 4.78 is 5.09. The summed E-state index contributed by atoms with van der Waals surface area (Å²) in [7, 11) is 1.65. The Morgan fingerprint density at radius 3 is 2.17 bits per heavy atom. The monoisotopic (exact) mass is 319 g/mol. The van der Waals surface area contributed by atoms with Crippen molar-refractivity contribution in [1.29, 1.82) is 0 Å². The van der Waals surface area contributed by atoms with Crippen LogP contribution in [-0.2, 0) is 0 Å². The van der Waals surface area contributed by atoms with E-state index < -0.39 is 0 Å². The highest BCUT2D eigenvalue weighted by molar-refractivity contribution is 6.33. The number of quaternary nitrogens is 1. The van der Waals surface area contributed by atoms with Gasteiger partial charge in [0, 0.05) is 17.7 Å². The van der Waals surface area contributed by atoms with Gasteiger partial charge in [0.15, 0.2) is 0 Å². The minimum absolute atomic E-state index is 0.0741. The zero-order chi connectivity index (χ0) is 16.9. The topological polar surface area (TPSA) is 60.2 Å². The van der Waals surface area contributed by atoms with E-state index in [4.69, 9.17) is 4.42 Å². The molecule has 1 unspecified atom stereocenters. The number of fused-ring (bicyclic) bond motifs is 1. The predicted octanol–water partition coefficient (Wildman–Crippen LogP) is 3.58. The summed E-state index contributed by atoms with van der Waals surface area (Å²) in [6, 6.07) is 15.2. The first-order valence-electron chi connectivity index (χ1n) is 7.60. The molecule has 3 aliphatic heterocycles. The zero-order valence-corrected chi connectivity index (χ0v) is 13.3. The fourth-order valence-corrected chi connectivity index (χ4v) is 3.05. The van der Waals surface area contributed by atoms with Gasteiger partial charge in [-0.05, 0) is 25.1 Å². The second kappa shape index (κ2) is 4.97. The van der Waals surface area contributed by atoms with Crippen molar-refractivity contribution in [2.75, 3.05) is 7.05 Å². The Hall–Kier alpha value is -3.05. The van der Waals surface area contributed by atoms with E-state index >= 15 is 0 Å². The van der Waals surface area contributed by atoms with Crippen molar-refractivity contribution >= 4 is 17.5 Å². The highest BCUT2D eigenvalue weighted by Gasteiger charge is 2.58. The van der Waals surface area contributed by atoms with Gasteiger partial charge in [-0.1, -0.05) is 18.2 Å². The van der Waals surface area contributed by atoms with Crippen molar-refractivity contribution in [2.24, 2.45) is 0 Å². The third-order valence-corrected chi connectivity index (χ3v) is 4.43. The first kappa shape index (κ1) is 14.5. The van der Waals surface area contributed by atoms with Crippen LogP contribution in [0, 0.1) is 6.92 Å². The standard InChI is InChI=1S/C10H9NO.C9H6NO2/c1-8-7-12-10(11-8)9-5-3-2-4-6-9;1-10-5-2-3-6(8(10)11)7(4-5)9(10)12/h2-7H,1H3;2-4H,1H3/q;+1. The number of benzene rings is 2. The molecule has 0 saturated heterocycles. The lowest BCUT2D eigenvalue weighted by molar-refractivity contribution is 0.0704. The number of nitrogens with zero attached hydrogens (tertiary/aromatic N) is 2. The van der Waals surface area contributed by atoms with Gasteiger partial charge in [0.25, 0.3) is 0 Å². The molecule has 1 aromatic heterocycles. The molecule has 118 valence electrons. The van der Waals surface area contributed by atoms with Crippen LogP contribution in [0.2, 0.25) is 0 Å². The molecule has 0 saturated carbocycles. The van der Waals surface area contributed by atoms with E-state index in [2.05, 4.69) is 4.98 Å². The average molecular weight is 319 g/mol. The number of carbonyl (C=O) groups is 2. The highest BCUT2D eigenvalue weighted by Crippen LogP contribution is 2.42. The lowest BCUT2D eigenvalue weighted by Crippen LogP contribution is -2.49. The molecule has 4 heterocycles. The van der Waals surface area contributed by atoms with E-state index in [-0.39, 0.29) is 16.3 Å². The first-order chi connectivity index (χ1) is 11.5. The zero-order valence-electron chi connectivity index (χ0n) is 13.3. The van der Waals surface area contributed by atoms with Crippen LogP contribution in [0.25, 0.3) is 11.5 Å². The van der Waals surface area contributed by atoms with Crippen LogP contribution in [0.5, 0.6) is 0 Å². The Morgan fingerprint density at radius 1 is 0.958 bits per heavy atom. The maximum atomic E-state index is 11.6. The van der Waals surface area contributed by atoms with E-state index in [9.17, 15) is 9.59 Å². The minimum Gasteiger partial charge on any atom is -0.444 e. The van der Waals surface area contributed by atoms with E-state index in [0.29, 0.717) is 17.0 Å². The molecule has 0 aliphatic carbocycles. The van der Waals surface area contributed by atoms with E-state index in [1.807, 2.05) is 43.3 Å². The minimum atomic E-state index is -0.152. The van der Waals surface area contributed by atoms with E-state index in [1.165, 1.54) is 0 Å². The normalized spacial score (nSPS) is 19.6. The quantitative estimate of drug-likeness (QED) is 0.508. The molecule has 4 bridgehead atoms. The number of aromatic nitrogens is 1. The van der Waals surface area contributed by atoms with Crippen molar-refractivity contribution in [3.05, 3.63) is 71.6 Å². The van der Waals surface area contributed by atoms with Gasteiger partial charge in [-0.3, -0.25) is 0 Å². The Morgan fingerprint density at radius 2 is 1.67 bits per heavy atom. The summed E-state index contributed by atoms with van der Waals surface area (Å²) in [5.74, 6) is 0.540. The van der Waals surface area contributed by atoms with Crippen LogP contribution < -0.4 is 4.48 Å². The van der Waals surface area contributed by atoms with Crippen LogP contribution in [0.4, 0.5) is 5.69 Å². The molecule has 5 heteroatoms. The average Bonchev–Trinajstić information content (AvgIpc) is 3.18. The molecule has 3 aromatic rings. The fraction of sp³-hybridized carbons (Fsp3) is 0.105. The number of rotatable bonds is 1. The van der Waals surface area contributed by atoms with Gasteiger partial charge in [-0.15, -0.1) is 0 Å². The highest BCUT2D eigenvalue weighted by atomic mass is 16.3. The number of hydrogen-bond donors (Lipinski definition) is 0. The van der Waals surface area contributed by atoms with Gasteiger partial charge in [0.2, 0.25) is 5.89 Å². The number of imide groups is 1. The van der Waals surface area contributed by atoms with Gasteiger partial charge in [-0.25, -0.2) is 14.6 Å². The first-order valence-corrected chi connectivity index (χ1v) is 7.60. The van der Waals surface area contributed by atoms with Crippen molar-refractivity contribution in [2.45, 2.75) is 6.92 Å². The van der Waals surface area contributed by atoms with Gasteiger partial charge in [0.05, 0.1) is 18.3 Å². The SMILES string of the molecule is C[N+]12C(=O)c3ccc1cc3C2=O.Cc1coc(-c2ccccc2)n1. The molecule has 3 aliphatic rings.